The van der Waals surface area contributed by atoms with E-state index in [0.717, 1.165) is 10.4 Å². The molecule has 3 heterocycles. The van der Waals surface area contributed by atoms with Gasteiger partial charge >= 0.3 is 0 Å². The van der Waals surface area contributed by atoms with Gasteiger partial charge in [-0.2, -0.15) is 0 Å². The molecule has 7 heteroatoms. The minimum atomic E-state index is -0.714. The summed E-state index contributed by atoms with van der Waals surface area (Å²) in [6.45, 7) is 2.79. The van der Waals surface area contributed by atoms with Crippen LogP contribution in [0.1, 0.15) is 22.0 Å². The highest BCUT2D eigenvalue weighted by Crippen LogP contribution is 2.45. The number of nitrogens with zero attached hydrogens (tertiary/aromatic N) is 1. The van der Waals surface area contributed by atoms with Gasteiger partial charge in [0.15, 0.2) is 11.5 Å². The Kier molecular flexibility index (Phi) is 4.75. The summed E-state index contributed by atoms with van der Waals surface area (Å²) in [5.74, 6) is -0.529. The summed E-state index contributed by atoms with van der Waals surface area (Å²) >= 11 is 1.45. The Hall–Kier alpha value is -3.58. The number of para-hydroxylation sites is 1. The number of anilines is 1. The van der Waals surface area contributed by atoms with Crippen LogP contribution in [-0.2, 0) is 9.59 Å². The third-order valence-electron chi connectivity index (χ3n) is 5.44. The van der Waals surface area contributed by atoms with Crippen LogP contribution in [0.25, 0.3) is 5.76 Å². The number of carbonyl (C=O) groups excluding carboxylic acids is 2. The molecule has 5 rings (SSSR count). The van der Waals surface area contributed by atoms with Crippen molar-refractivity contribution in [1.82, 2.24) is 0 Å². The Labute approximate surface area is 183 Å². The molecule has 156 valence electrons. The Balaban J connectivity index is 1.70. The number of rotatable bonds is 3. The summed E-state index contributed by atoms with van der Waals surface area (Å²) in [6, 6.07) is 15.3. The normalized spacial score (nSPS) is 19.6. The van der Waals surface area contributed by atoms with E-state index in [1.807, 2.05) is 36.6 Å². The van der Waals surface area contributed by atoms with E-state index in [2.05, 4.69) is 0 Å². The van der Waals surface area contributed by atoms with E-state index in [9.17, 15) is 14.7 Å². The Bertz CT molecular complexity index is 1210. The minimum Gasteiger partial charge on any atom is -0.507 e. The molecule has 3 aromatic rings. The smallest absolute Gasteiger partial charge is 0.300 e. The standard InChI is InChI=1S/C24H19NO5S/c1-14-9-12-31-23(14)20-19(22(27)24(28)25(20)16-5-3-2-4-6-16)21(26)15-7-8-17-18(13-15)30-11-10-29-17/h2-9,12-13,20,26H,10-11H2,1H3/b21-19-. The molecule has 1 atom stereocenters. The molecule has 1 N–H and O–H groups in total. The molecule has 1 saturated heterocycles. The molecule has 0 saturated carbocycles. The predicted molar refractivity (Wildman–Crippen MR) is 118 cm³/mol. The van der Waals surface area contributed by atoms with E-state index < -0.39 is 17.7 Å². The Morgan fingerprint density at radius 3 is 2.48 bits per heavy atom. The average molecular weight is 433 g/mol. The lowest BCUT2D eigenvalue weighted by Crippen LogP contribution is -2.29. The molecule has 1 unspecified atom stereocenters. The highest BCUT2D eigenvalue weighted by Gasteiger charge is 2.47. The third-order valence-corrected chi connectivity index (χ3v) is 6.52. The molecule has 2 aliphatic heterocycles. The van der Waals surface area contributed by atoms with Gasteiger partial charge in [-0.25, -0.2) is 0 Å². The second kappa shape index (κ2) is 7.59. The lowest BCUT2D eigenvalue weighted by molar-refractivity contribution is -0.132. The molecule has 1 amide bonds. The van der Waals surface area contributed by atoms with Gasteiger partial charge < -0.3 is 14.6 Å². The summed E-state index contributed by atoms with van der Waals surface area (Å²) in [5.41, 5.74) is 2.01. The highest BCUT2D eigenvalue weighted by atomic mass is 32.1. The second-order valence-electron chi connectivity index (χ2n) is 7.33. The number of ketones is 1. The average Bonchev–Trinajstić information content (AvgIpc) is 3.34. The van der Waals surface area contributed by atoms with Crippen LogP contribution < -0.4 is 14.4 Å². The lowest BCUT2D eigenvalue weighted by atomic mass is 9.98. The molecule has 1 fully saturated rings. The van der Waals surface area contributed by atoms with Crippen molar-refractivity contribution in [1.29, 1.82) is 0 Å². The van der Waals surface area contributed by atoms with Gasteiger partial charge in [-0.05, 0) is 54.3 Å². The van der Waals surface area contributed by atoms with Crippen molar-refractivity contribution in [2.45, 2.75) is 13.0 Å². The van der Waals surface area contributed by atoms with Crippen LogP contribution in [-0.4, -0.2) is 30.0 Å². The van der Waals surface area contributed by atoms with Crippen molar-refractivity contribution < 1.29 is 24.2 Å². The molecule has 0 bridgehead atoms. The number of aryl methyl sites for hydroxylation is 1. The van der Waals surface area contributed by atoms with Crippen LogP contribution in [0.3, 0.4) is 0 Å². The van der Waals surface area contributed by atoms with E-state index >= 15 is 0 Å². The van der Waals surface area contributed by atoms with Gasteiger partial charge in [-0.15, -0.1) is 11.3 Å². The summed E-state index contributed by atoms with van der Waals surface area (Å²) in [7, 11) is 0. The van der Waals surface area contributed by atoms with Gasteiger partial charge in [-0.3, -0.25) is 14.5 Å². The molecule has 1 aromatic heterocycles. The molecule has 2 aliphatic rings. The number of thiophene rings is 1. The molecule has 0 aliphatic carbocycles. The van der Waals surface area contributed by atoms with Crippen molar-refractivity contribution in [3.63, 3.8) is 0 Å². The maximum atomic E-state index is 13.1. The maximum absolute atomic E-state index is 13.1. The van der Waals surface area contributed by atoms with Gasteiger partial charge in [0.2, 0.25) is 0 Å². The fourth-order valence-electron chi connectivity index (χ4n) is 3.95. The van der Waals surface area contributed by atoms with Gasteiger partial charge in [0, 0.05) is 16.1 Å². The van der Waals surface area contributed by atoms with Gasteiger partial charge in [0.25, 0.3) is 11.7 Å². The van der Waals surface area contributed by atoms with Crippen molar-refractivity contribution in [3.05, 3.63) is 81.6 Å². The number of aliphatic hydroxyl groups excluding tert-OH is 1. The molecule has 0 radical (unpaired) electrons. The number of amides is 1. The van der Waals surface area contributed by atoms with Gasteiger partial charge in [0.1, 0.15) is 25.0 Å². The van der Waals surface area contributed by atoms with Gasteiger partial charge in [-0.1, -0.05) is 18.2 Å². The predicted octanol–water partition coefficient (Wildman–Crippen LogP) is 4.45. The quantitative estimate of drug-likeness (QED) is 0.375. The fourth-order valence-corrected chi connectivity index (χ4v) is 4.97. The monoisotopic (exact) mass is 433 g/mol. The van der Waals surface area contributed by atoms with Crippen LogP contribution in [0.5, 0.6) is 11.5 Å². The van der Waals surface area contributed by atoms with Crippen molar-refractivity contribution in [3.8, 4) is 11.5 Å². The lowest BCUT2D eigenvalue weighted by Gasteiger charge is -2.25. The van der Waals surface area contributed by atoms with Crippen LogP contribution >= 0.6 is 11.3 Å². The molecule has 2 aromatic carbocycles. The first kappa shape index (κ1) is 19.4. The zero-order valence-electron chi connectivity index (χ0n) is 16.7. The SMILES string of the molecule is Cc1ccsc1C1/C(=C(/O)c2ccc3c(c2)OCCO3)C(=O)C(=O)N1c1ccccc1. The first-order valence-electron chi connectivity index (χ1n) is 9.86. The van der Waals surface area contributed by atoms with Crippen LogP contribution in [0.15, 0.2) is 65.6 Å². The zero-order valence-corrected chi connectivity index (χ0v) is 17.5. The zero-order chi connectivity index (χ0) is 21.5. The number of fused-ring (bicyclic) bond motifs is 1. The molecule has 0 spiro atoms. The third kappa shape index (κ3) is 3.18. The second-order valence-corrected chi connectivity index (χ2v) is 8.28. The molecular weight excluding hydrogens is 414 g/mol. The number of ether oxygens (including phenoxy) is 2. The maximum Gasteiger partial charge on any atom is 0.300 e. The number of carbonyl (C=O) groups is 2. The van der Waals surface area contributed by atoms with Crippen molar-refractivity contribution in [2.75, 3.05) is 18.1 Å². The topological polar surface area (TPSA) is 76.1 Å². The van der Waals surface area contributed by atoms with E-state index in [-0.39, 0.29) is 11.3 Å². The van der Waals surface area contributed by atoms with Gasteiger partial charge in [0.05, 0.1) is 5.57 Å². The number of benzene rings is 2. The van der Waals surface area contributed by atoms with E-state index in [0.29, 0.717) is 36.0 Å². The van der Waals surface area contributed by atoms with E-state index in [1.165, 1.54) is 16.2 Å². The number of aliphatic hydroxyl groups is 1. The number of Topliss-reactive ketones (excluding diaryl/α,β-unsaturated/α-hetero) is 1. The molecule has 31 heavy (non-hydrogen) atoms. The highest BCUT2D eigenvalue weighted by molar-refractivity contribution is 7.10. The van der Waals surface area contributed by atoms with Crippen molar-refractivity contribution >= 4 is 34.5 Å². The summed E-state index contributed by atoms with van der Waals surface area (Å²) in [6.07, 6.45) is 0. The number of hydrogen-bond acceptors (Lipinski definition) is 6. The summed E-state index contributed by atoms with van der Waals surface area (Å²) < 4.78 is 11.2. The van der Waals surface area contributed by atoms with Crippen LogP contribution in [0.4, 0.5) is 5.69 Å². The number of hydrogen-bond donors (Lipinski definition) is 1. The molecular formula is C24H19NO5S. The fraction of sp³-hybridized carbons (Fsp3) is 0.167. The largest absolute Gasteiger partial charge is 0.507 e. The van der Waals surface area contributed by atoms with E-state index in [4.69, 9.17) is 9.47 Å². The Morgan fingerprint density at radius 1 is 1.03 bits per heavy atom. The van der Waals surface area contributed by atoms with Crippen LogP contribution in [0.2, 0.25) is 0 Å². The minimum absolute atomic E-state index is 0.0658. The van der Waals surface area contributed by atoms with E-state index in [1.54, 1.807) is 30.3 Å². The summed E-state index contributed by atoms with van der Waals surface area (Å²) in [5, 5.41) is 13.1. The first-order chi connectivity index (χ1) is 15.1. The first-order valence-corrected chi connectivity index (χ1v) is 10.7. The van der Waals surface area contributed by atoms with Crippen molar-refractivity contribution in [2.24, 2.45) is 0 Å². The summed E-state index contributed by atoms with van der Waals surface area (Å²) in [4.78, 5) is 28.5. The molecule has 6 nitrogen and oxygen atoms in total. The Morgan fingerprint density at radius 2 is 1.77 bits per heavy atom. The van der Waals surface area contributed by atoms with Crippen LogP contribution in [0, 0.1) is 6.92 Å².